The van der Waals surface area contributed by atoms with E-state index in [0.717, 1.165) is 45.3 Å². The van der Waals surface area contributed by atoms with E-state index >= 15 is 0 Å². The van der Waals surface area contributed by atoms with Gasteiger partial charge in [0.15, 0.2) is 0 Å². The van der Waals surface area contributed by atoms with Crippen molar-refractivity contribution < 1.29 is 4.79 Å². The van der Waals surface area contributed by atoms with Crippen LogP contribution in [0.3, 0.4) is 0 Å². The lowest BCUT2D eigenvalue weighted by molar-refractivity contribution is -0.123. The molecule has 2 saturated heterocycles. The maximum absolute atomic E-state index is 12.0. The van der Waals surface area contributed by atoms with E-state index in [-0.39, 0.29) is 17.5 Å². The van der Waals surface area contributed by atoms with Gasteiger partial charge < -0.3 is 10.6 Å². The van der Waals surface area contributed by atoms with Crippen LogP contribution >= 0.6 is 0 Å². The summed E-state index contributed by atoms with van der Waals surface area (Å²) >= 11 is 0. The molecule has 1 amide bonds. The molecular weight excluding hydrogens is 226 g/mol. The van der Waals surface area contributed by atoms with Crippen LogP contribution < -0.4 is 10.6 Å². The highest BCUT2D eigenvalue weighted by molar-refractivity contribution is 5.82. The molecule has 2 rings (SSSR count). The molecule has 0 aromatic carbocycles. The first-order valence-electron chi connectivity index (χ1n) is 7.25. The first kappa shape index (κ1) is 13.8. The van der Waals surface area contributed by atoms with E-state index in [9.17, 15) is 4.79 Å². The van der Waals surface area contributed by atoms with Gasteiger partial charge in [-0.15, -0.1) is 0 Å². The quantitative estimate of drug-likeness (QED) is 0.775. The van der Waals surface area contributed by atoms with E-state index in [1.165, 1.54) is 0 Å². The minimum absolute atomic E-state index is 0.0608. The molecule has 2 fully saturated rings. The van der Waals surface area contributed by atoms with Crippen molar-refractivity contribution in [3.63, 3.8) is 0 Å². The Bertz CT molecular complexity index is 284. The number of carbonyl (C=O) groups excluding carboxylic acids is 1. The van der Waals surface area contributed by atoms with Crippen LogP contribution in [0.25, 0.3) is 0 Å². The molecule has 4 nitrogen and oxygen atoms in total. The highest BCUT2D eigenvalue weighted by atomic mass is 16.2. The van der Waals surface area contributed by atoms with E-state index < -0.39 is 0 Å². The SMILES string of the molecule is CC(C)(C)N1CCC(NC(=O)[C@H]2CCCN2)CC1. The molecule has 2 aliphatic rings. The molecule has 4 heteroatoms. The van der Waals surface area contributed by atoms with Gasteiger partial charge in [0.25, 0.3) is 0 Å². The van der Waals surface area contributed by atoms with Gasteiger partial charge in [0.1, 0.15) is 0 Å². The van der Waals surface area contributed by atoms with Gasteiger partial charge in [-0.25, -0.2) is 0 Å². The second-order valence-electron chi connectivity index (χ2n) is 6.59. The number of carbonyl (C=O) groups is 1. The molecule has 2 N–H and O–H groups in total. The maximum Gasteiger partial charge on any atom is 0.237 e. The maximum atomic E-state index is 12.0. The van der Waals surface area contributed by atoms with Crippen molar-refractivity contribution in [3.8, 4) is 0 Å². The summed E-state index contributed by atoms with van der Waals surface area (Å²) in [6.07, 6.45) is 4.28. The molecule has 104 valence electrons. The number of hydrogen-bond acceptors (Lipinski definition) is 3. The molecule has 0 bridgehead atoms. The van der Waals surface area contributed by atoms with Crippen LogP contribution in [0.5, 0.6) is 0 Å². The summed E-state index contributed by atoms with van der Waals surface area (Å²) in [4.78, 5) is 14.5. The third kappa shape index (κ3) is 3.45. The largest absolute Gasteiger partial charge is 0.352 e. The van der Waals surface area contributed by atoms with Crippen LogP contribution in [-0.4, -0.2) is 48.1 Å². The minimum Gasteiger partial charge on any atom is -0.352 e. The lowest BCUT2D eigenvalue weighted by Crippen LogP contribution is -2.53. The Labute approximate surface area is 110 Å². The van der Waals surface area contributed by atoms with E-state index in [1.54, 1.807) is 0 Å². The summed E-state index contributed by atoms with van der Waals surface area (Å²) in [6.45, 7) is 9.94. The zero-order chi connectivity index (χ0) is 13.2. The van der Waals surface area contributed by atoms with Gasteiger partial charge in [-0.2, -0.15) is 0 Å². The fourth-order valence-electron chi connectivity index (χ4n) is 2.90. The van der Waals surface area contributed by atoms with Gasteiger partial charge in [-0.05, 0) is 53.0 Å². The van der Waals surface area contributed by atoms with Crippen molar-refractivity contribution in [1.29, 1.82) is 0 Å². The van der Waals surface area contributed by atoms with Crippen molar-refractivity contribution in [2.24, 2.45) is 0 Å². The smallest absolute Gasteiger partial charge is 0.237 e. The number of amides is 1. The van der Waals surface area contributed by atoms with Crippen molar-refractivity contribution in [2.45, 2.75) is 64.1 Å². The molecule has 2 heterocycles. The molecule has 2 aliphatic heterocycles. The Kier molecular flexibility index (Phi) is 4.28. The first-order valence-corrected chi connectivity index (χ1v) is 7.25. The highest BCUT2D eigenvalue weighted by Crippen LogP contribution is 2.20. The summed E-state index contributed by atoms with van der Waals surface area (Å²) in [5.41, 5.74) is 0.252. The van der Waals surface area contributed by atoms with Crippen LogP contribution in [0.2, 0.25) is 0 Å². The normalized spacial score (nSPS) is 27.4. The van der Waals surface area contributed by atoms with Gasteiger partial charge in [-0.3, -0.25) is 9.69 Å². The number of nitrogens with zero attached hydrogens (tertiary/aromatic N) is 1. The average Bonchev–Trinajstić information content (AvgIpc) is 2.82. The predicted octanol–water partition coefficient (Wildman–Crippen LogP) is 1.12. The molecule has 0 saturated carbocycles. The second kappa shape index (κ2) is 5.57. The standard InChI is InChI=1S/C14H27N3O/c1-14(2,3)17-9-6-11(7-10-17)16-13(18)12-5-4-8-15-12/h11-12,15H,4-10H2,1-3H3,(H,16,18)/t12-/m1/s1. The van der Waals surface area contributed by atoms with E-state index in [2.05, 4.69) is 36.3 Å². The van der Waals surface area contributed by atoms with Gasteiger partial charge in [0.2, 0.25) is 5.91 Å². The van der Waals surface area contributed by atoms with Crippen LogP contribution in [-0.2, 0) is 4.79 Å². The summed E-state index contributed by atoms with van der Waals surface area (Å²) in [5.74, 6) is 0.210. The topological polar surface area (TPSA) is 44.4 Å². The molecular formula is C14H27N3O. The van der Waals surface area contributed by atoms with E-state index in [4.69, 9.17) is 0 Å². The Balaban J connectivity index is 1.75. The van der Waals surface area contributed by atoms with Gasteiger partial charge >= 0.3 is 0 Å². The summed E-state index contributed by atoms with van der Waals surface area (Å²) in [5, 5.41) is 6.46. The molecule has 0 unspecified atom stereocenters. The van der Waals surface area contributed by atoms with Gasteiger partial charge in [0, 0.05) is 24.7 Å². The number of piperidine rings is 1. The molecule has 0 aliphatic carbocycles. The lowest BCUT2D eigenvalue weighted by Gasteiger charge is -2.41. The number of likely N-dealkylation sites (tertiary alicyclic amines) is 1. The monoisotopic (exact) mass is 253 g/mol. The van der Waals surface area contributed by atoms with Crippen LogP contribution in [0, 0.1) is 0 Å². The molecule has 0 aromatic rings. The van der Waals surface area contributed by atoms with Crippen molar-refractivity contribution >= 4 is 5.91 Å². The number of rotatable bonds is 2. The summed E-state index contributed by atoms with van der Waals surface area (Å²) in [7, 11) is 0. The summed E-state index contributed by atoms with van der Waals surface area (Å²) in [6, 6.07) is 0.434. The van der Waals surface area contributed by atoms with Crippen LogP contribution in [0.15, 0.2) is 0 Å². The molecule has 0 aromatic heterocycles. The molecule has 0 radical (unpaired) electrons. The highest BCUT2D eigenvalue weighted by Gasteiger charge is 2.29. The summed E-state index contributed by atoms with van der Waals surface area (Å²) < 4.78 is 0. The Morgan fingerprint density at radius 3 is 2.39 bits per heavy atom. The van der Waals surface area contributed by atoms with Crippen LogP contribution in [0.4, 0.5) is 0 Å². The zero-order valence-corrected chi connectivity index (χ0v) is 12.0. The van der Waals surface area contributed by atoms with Gasteiger partial charge in [-0.1, -0.05) is 0 Å². The van der Waals surface area contributed by atoms with Gasteiger partial charge in [0.05, 0.1) is 6.04 Å². The predicted molar refractivity (Wildman–Crippen MR) is 73.5 cm³/mol. The molecule has 18 heavy (non-hydrogen) atoms. The first-order chi connectivity index (χ1) is 8.47. The van der Waals surface area contributed by atoms with E-state index in [0.29, 0.717) is 6.04 Å². The second-order valence-corrected chi connectivity index (χ2v) is 6.59. The molecule has 1 atom stereocenters. The third-order valence-electron chi connectivity index (χ3n) is 4.17. The number of hydrogen-bond donors (Lipinski definition) is 2. The average molecular weight is 253 g/mol. The minimum atomic E-state index is 0.0608. The molecule has 0 spiro atoms. The number of nitrogens with one attached hydrogen (secondary N) is 2. The van der Waals surface area contributed by atoms with Crippen molar-refractivity contribution in [1.82, 2.24) is 15.5 Å². The zero-order valence-electron chi connectivity index (χ0n) is 12.0. The van der Waals surface area contributed by atoms with Crippen LogP contribution in [0.1, 0.15) is 46.5 Å². The van der Waals surface area contributed by atoms with Crippen molar-refractivity contribution in [3.05, 3.63) is 0 Å². The fraction of sp³-hybridized carbons (Fsp3) is 0.929. The Morgan fingerprint density at radius 1 is 1.22 bits per heavy atom. The third-order valence-corrected chi connectivity index (χ3v) is 4.17. The lowest BCUT2D eigenvalue weighted by atomic mass is 9.98. The fourth-order valence-corrected chi connectivity index (χ4v) is 2.90. The Hall–Kier alpha value is -0.610. The van der Waals surface area contributed by atoms with E-state index in [1.807, 2.05) is 0 Å². The Morgan fingerprint density at radius 2 is 1.89 bits per heavy atom. The van der Waals surface area contributed by atoms with Crippen molar-refractivity contribution in [2.75, 3.05) is 19.6 Å².